The van der Waals surface area contributed by atoms with E-state index < -0.39 is 0 Å². The maximum Gasteiger partial charge on any atom is 0.260 e. The quantitative estimate of drug-likeness (QED) is 0.832. The Morgan fingerprint density at radius 2 is 1.78 bits per heavy atom. The van der Waals surface area contributed by atoms with E-state index >= 15 is 0 Å². The molecule has 2 aromatic carbocycles. The van der Waals surface area contributed by atoms with Crippen LogP contribution in [0.4, 0.5) is 0 Å². The Labute approximate surface area is 161 Å². The summed E-state index contributed by atoms with van der Waals surface area (Å²) in [4.78, 5) is 17.2. The molecule has 2 aliphatic carbocycles. The lowest BCUT2D eigenvalue weighted by molar-refractivity contribution is -0.135. The number of ether oxygens (including phenoxy) is 1. The van der Waals surface area contributed by atoms with Crippen molar-refractivity contribution in [3.8, 4) is 5.75 Å². The molecule has 2 saturated carbocycles. The number of benzene rings is 2. The monoisotopic (exact) mass is 364 g/mol. The van der Waals surface area contributed by atoms with Gasteiger partial charge in [-0.25, -0.2) is 0 Å². The third-order valence-electron chi connectivity index (χ3n) is 6.92. The first kappa shape index (κ1) is 17.1. The van der Waals surface area contributed by atoms with Gasteiger partial charge >= 0.3 is 0 Å². The van der Waals surface area contributed by atoms with Crippen molar-refractivity contribution in [1.82, 2.24) is 9.80 Å². The molecule has 0 unspecified atom stereocenters. The van der Waals surface area contributed by atoms with E-state index in [4.69, 9.17) is 4.74 Å². The molecule has 142 valence electrons. The number of hydrogen-bond donors (Lipinski definition) is 0. The molecule has 1 amide bonds. The van der Waals surface area contributed by atoms with Gasteiger partial charge in [-0.2, -0.15) is 0 Å². The van der Waals surface area contributed by atoms with Crippen LogP contribution in [0.15, 0.2) is 42.5 Å². The van der Waals surface area contributed by atoms with Gasteiger partial charge in [0.25, 0.3) is 5.91 Å². The molecule has 1 saturated heterocycles. The summed E-state index contributed by atoms with van der Waals surface area (Å²) in [6.07, 6.45) is 5.72. The molecule has 0 N–H and O–H groups in total. The smallest absolute Gasteiger partial charge is 0.260 e. The second-order valence-corrected chi connectivity index (χ2v) is 8.46. The van der Waals surface area contributed by atoms with Crippen LogP contribution in [0.2, 0.25) is 0 Å². The minimum Gasteiger partial charge on any atom is -0.484 e. The van der Waals surface area contributed by atoms with Crippen molar-refractivity contribution in [3.05, 3.63) is 42.5 Å². The van der Waals surface area contributed by atoms with Gasteiger partial charge in [0.2, 0.25) is 0 Å². The maximum absolute atomic E-state index is 12.6. The Morgan fingerprint density at radius 3 is 2.52 bits per heavy atom. The number of carbonyl (C=O) groups excluding carboxylic acids is 1. The predicted molar refractivity (Wildman–Crippen MR) is 107 cm³/mol. The molecule has 1 heterocycles. The van der Waals surface area contributed by atoms with Crippen molar-refractivity contribution < 1.29 is 9.53 Å². The number of amides is 1. The van der Waals surface area contributed by atoms with Crippen LogP contribution in [0.1, 0.15) is 25.7 Å². The number of carbonyl (C=O) groups is 1. The highest BCUT2D eigenvalue weighted by Crippen LogP contribution is 2.46. The van der Waals surface area contributed by atoms with Crippen molar-refractivity contribution in [2.75, 3.05) is 32.8 Å². The van der Waals surface area contributed by atoms with E-state index in [-0.39, 0.29) is 12.5 Å². The summed E-state index contributed by atoms with van der Waals surface area (Å²) in [5.41, 5.74) is 0. The summed E-state index contributed by atoms with van der Waals surface area (Å²) >= 11 is 0. The highest BCUT2D eigenvalue weighted by Gasteiger charge is 2.42. The van der Waals surface area contributed by atoms with Crippen LogP contribution in [-0.4, -0.2) is 54.5 Å². The number of rotatable bonds is 4. The summed E-state index contributed by atoms with van der Waals surface area (Å²) in [7, 11) is 0. The molecule has 0 radical (unpaired) electrons. The van der Waals surface area contributed by atoms with E-state index in [1.165, 1.54) is 31.1 Å². The third kappa shape index (κ3) is 3.43. The van der Waals surface area contributed by atoms with Gasteiger partial charge in [-0.15, -0.1) is 0 Å². The molecule has 2 bridgehead atoms. The van der Waals surface area contributed by atoms with Crippen molar-refractivity contribution in [2.24, 2.45) is 11.8 Å². The molecule has 3 atom stereocenters. The largest absolute Gasteiger partial charge is 0.484 e. The summed E-state index contributed by atoms with van der Waals surface area (Å²) < 4.78 is 5.79. The van der Waals surface area contributed by atoms with Gasteiger partial charge in [0, 0.05) is 32.2 Å². The van der Waals surface area contributed by atoms with Gasteiger partial charge in [0.15, 0.2) is 6.61 Å². The van der Waals surface area contributed by atoms with Gasteiger partial charge < -0.3 is 9.64 Å². The van der Waals surface area contributed by atoms with Crippen LogP contribution in [0.5, 0.6) is 5.75 Å². The molecule has 2 aromatic rings. The number of hydrogen-bond acceptors (Lipinski definition) is 3. The molecule has 4 heteroatoms. The summed E-state index contributed by atoms with van der Waals surface area (Å²) in [6.45, 7) is 3.86. The average molecular weight is 364 g/mol. The molecule has 1 aliphatic heterocycles. The predicted octanol–water partition coefficient (Wildman–Crippen LogP) is 3.55. The van der Waals surface area contributed by atoms with Crippen molar-refractivity contribution in [2.45, 2.75) is 31.7 Å². The van der Waals surface area contributed by atoms with E-state index in [1.54, 1.807) is 0 Å². The highest BCUT2D eigenvalue weighted by molar-refractivity contribution is 5.84. The lowest BCUT2D eigenvalue weighted by Gasteiger charge is -2.41. The second kappa shape index (κ2) is 7.16. The van der Waals surface area contributed by atoms with Gasteiger partial charge in [-0.05, 0) is 54.0 Å². The second-order valence-electron chi connectivity index (χ2n) is 8.46. The van der Waals surface area contributed by atoms with Crippen LogP contribution in [0, 0.1) is 11.8 Å². The Hall–Kier alpha value is -2.07. The minimum atomic E-state index is 0.107. The fourth-order valence-electron chi connectivity index (χ4n) is 5.45. The third-order valence-corrected chi connectivity index (χ3v) is 6.92. The lowest BCUT2D eigenvalue weighted by atomic mass is 9.93. The minimum absolute atomic E-state index is 0.107. The highest BCUT2D eigenvalue weighted by atomic mass is 16.5. The zero-order valence-corrected chi connectivity index (χ0v) is 15.8. The Kier molecular flexibility index (Phi) is 4.52. The Morgan fingerprint density at radius 1 is 0.963 bits per heavy atom. The zero-order chi connectivity index (χ0) is 18.2. The van der Waals surface area contributed by atoms with Crippen molar-refractivity contribution >= 4 is 16.7 Å². The standard InChI is InChI=1S/C23H28N2O2/c26-23(16-27-21-8-7-18-3-1-2-4-19(18)15-21)25-11-9-24(10-12-25)22-14-17-5-6-20(22)13-17/h1-4,7-8,15,17,20,22H,5-6,9-14,16H2/t17-,20+,22+/m0/s1. The molecule has 0 aromatic heterocycles. The van der Waals surface area contributed by atoms with Gasteiger partial charge in [0.05, 0.1) is 0 Å². The van der Waals surface area contributed by atoms with E-state index in [1.807, 2.05) is 35.2 Å². The Balaban J connectivity index is 1.13. The molecule has 0 spiro atoms. The first-order valence-corrected chi connectivity index (χ1v) is 10.4. The summed E-state index contributed by atoms with van der Waals surface area (Å²) in [5, 5.41) is 2.33. The van der Waals surface area contributed by atoms with E-state index in [9.17, 15) is 4.79 Å². The van der Waals surface area contributed by atoms with Crippen molar-refractivity contribution in [3.63, 3.8) is 0 Å². The van der Waals surface area contributed by atoms with Crippen LogP contribution >= 0.6 is 0 Å². The molecule has 5 rings (SSSR count). The number of fused-ring (bicyclic) bond motifs is 3. The number of piperazine rings is 1. The Bertz CT molecular complexity index is 828. The SMILES string of the molecule is O=C(COc1ccc2ccccc2c1)N1CCN([C@@H]2C[C@H]3CC[C@@H]2C3)CC1. The van der Waals surface area contributed by atoms with Gasteiger partial charge in [0.1, 0.15) is 5.75 Å². The summed E-state index contributed by atoms with van der Waals surface area (Å²) in [5.74, 6) is 2.78. The van der Waals surface area contributed by atoms with E-state index in [0.717, 1.165) is 55.2 Å². The molecule has 27 heavy (non-hydrogen) atoms. The maximum atomic E-state index is 12.6. The van der Waals surface area contributed by atoms with Gasteiger partial charge in [-0.1, -0.05) is 36.8 Å². The van der Waals surface area contributed by atoms with Gasteiger partial charge in [-0.3, -0.25) is 9.69 Å². The van der Waals surface area contributed by atoms with Crippen LogP contribution in [-0.2, 0) is 4.79 Å². The molecule has 3 fully saturated rings. The number of nitrogens with zero attached hydrogens (tertiary/aromatic N) is 2. The van der Waals surface area contributed by atoms with Crippen molar-refractivity contribution in [1.29, 1.82) is 0 Å². The first-order chi connectivity index (χ1) is 13.3. The summed E-state index contributed by atoms with van der Waals surface area (Å²) in [6, 6.07) is 15.0. The fraction of sp³-hybridized carbons (Fsp3) is 0.522. The topological polar surface area (TPSA) is 32.8 Å². The normalized spacial score (nSPS) is 28.0. The van der Waals surface area contributed by atoms with Crippen LogP contribution in [0.25, 0.3) is 10.8 Å². The molecular weight excluding hydrogens is 336 g/mol. The van der Waals surface area contributed by atoms with Crippen LogP contribution < -0.4 is 4.74 Å². The van der Waals surface area contributed by atoms with E-state index in [2.05, 4.69) is 17.0 Å². The fourth-order valence-corrected chi connectivity index (χ4v) is 5.45. The zero-order valence-electron chi connectivity index (χ0n) is 15.8. The molecular formula is C23H28N2O2. The average Bonchev–Trinajstić information content (AvgIpc) is 3.36. The molecule has 4 nitrogen and oxygen atoms in total. The molecule has 3 aliphatic rings. The van der Waals surface area contributed by atoms with Crippen LogP contribution in [0.3, 0.4) is 0 Å². The first-order valence-electron chi connectivity index (χ1n) is 10.4. The lowest BCUT2D eigenvalue weighted by Crippen LogP contribution is -2.53. The van der Waals surface area contributed by atoms with E-state index in [0.29, 0.717) is 0 Å².